The molecule has 1 aliphatic rings. The van der Waals surface area contributed by atoms with E-state index < -0.39 is 0 Å². The van der Waals surface area contributed by atoms with E-state index in [-0.39, 0.29) is 41.7 Å². The highest BCUT2D eigenvalue weighted by Crippen LogP contribution is 2.21. The van der Waals surface area contributed by atoms with Crippen LogP contribution in [0.15, 0.2) is 41.7 Å². The average molecular weight is 514 g/mol. The Balaban J connectivity index is 0.00000300. The van der Waals surface area contributed by atoms with Gasteiger partial charge in [0, 0.05) is 51.1 Å². The van der Waals surface area contributed by atoms with E-state index in [0.29, 0.717) is 31.8 Å². The fraction of sp³-hybridized carbons (Fsp3) is 0.421. The zero-order chi connectivity index (χ0) is 19.9. The molecule has 0 radical (unpaired) electrons. The number of carbonyl (C=O) groups excluding carboxylic acids is 1. The van der Waals surface area contributed by atoms with Crippen molar-refractivity contribution in [3.8, 4) is 5.75 Å². The van der Waals surface area contributed by atoms with Crippen LogP contribution in [0.1, 0.15) is 22.0 Å². The Kier molecular flexibility index (Phi) is 8.70. The molecule has 10 heteroatoms. The van der Waals surface area contributed by atoms with Crippen molar-refractivity contribution in [3.05, 3.63) is 47.8 Å². The van der Waals surface area contributed by atoms with E-state index in [1.54, 1.807) is 23.9 Å². The number of hydrogen-bond donors (Lipinski definition) is 3. The Morgan fingerprint density at radius 2 is 2.03 bits per heavy atom. The maximum Gasteiger partial charge on any atom is 0.251 e. The number of aliphatic imine (C=N–C) groups is 1. The highest BCUT2D eigenvalue weighted by atomic mass is 127. The molecule has 29 heavy (non-hydrogen) atoms. The third-order valence-electron chi connectivity index (χ3n) is 4.50. The summed E-state index contributed by atoms with van der Waals surface area (Å²) in [5.41, 5.74) is 1.55. The number of halogens is 1. The first-order valence-electron chi connectivity index (χ1n) is 9.20. The summed E-state index contributed by atoms with van der Waals surface area (Å²) < 4.78 is 7.63. The Labute approximate surface area is 187 Å². The van der Waals surface area contributed by atoms with E-state index in [0.717, 1.165) is 18.1 Å². The largest absolute Gasteiger partial charge is 0.508 e. The molecule has 1 aromatic heterocycles. The van der Waals surface area contributed by atoms with Crippen molar-refractivity contribution in [1.82, 2.24) is 25.3 Å². The summed E-state index contributed by atoms with van der Waals surface area (Å²) in [6, 6.07) is 6.16. The lowest BCUT2D eigenvalue weighted by atomic mass is 10.1. The predicted molar refractivity (Wildman–Crippen MR) is 121 cm³/mol. The number of nitrogens with zero attached hydrogens (tertiary/aromatic N) is 4. The van der Waals surface area contributed by atoms with E-state index in [2.05, 4.69) is 25.6 Å². The number of benzene rings is 1. The van der Waals surface area contributed by atoms with Gasteiger partial charge in [0.2, 0.25) is 0 Å². The normalized spacial score (nSPS) is 16.8. The number of guanidine groups is 1. The van der Waals surface area contributed by atoms with Crippen LogP contribution in [0.2, 0.25) is 0 Å². The van der Waals surface area contributed by atoms with Crippen LogP contribution in [0.3, 0.4) is 0 Å². The molecule has 0 saturated carbocycles. The van der Waals surface area contributed by atoms with Crippen molar-refractivity contribution < 1.29 is 14.6 Å². The number of amides is 1. The van der Waals surface area contributed by atoms with Gasteiger partial charge < -0.3 is 25.4 Å². The Hall–Kier alpha value is -2.34. The van der Waals surface area contributed by atoms with E-state index in [1.807, 2.05) is 19.4 Å². The molecule has 1 fully saturated rings. The quantitative estimate of drug-likeness (QED) is 0.239. The van der Waals surface area contributed by atoms with Gasteiger partial charge in [0.05, 0.1) is 19.3 Å². The second-order valence-electron chi connectivity index (χ2n) is 6.53. The first-order valence-corrected chi connectivity index (χ1v) is 9.20. The standard InChI is InChI=1S/C19H26N6O3.HI/c1-20-19(22-8-7-21-18(27)14-3-5-16(26)6-4-14)25-9-10-28-17(13-25)15-11-23-24(2)12-15;/h3-6,11-12,17,26H,7-10,13H2,1-2H3,(H,20,22)(H,21,27);1H. The molecule has 1 saturated heterocycles. The number of ether oxygens (including phenoxy) is 1. The molecule has 9 nitrogen and oxygen atoms in total. The Bertz CT molecular complexity index is 824. The van der Waals surface area contributed by atoms with E-state index in [4.69, 9.17) is 4.74 Å². The number of aromatic hydroxyl groups is 1. The van der Waals surface area contributed by atoms with Crippen LogP contribution in [0.4, 0.5) is 0 Å². The van der Waals surface area contributed by atoms with Crippen molar-refractivity contribution in [1.29, 1.82) is 0 Å². The van der Waals surface area contributed by atoms with Gasteiger partial charge in [0.1, 0.15) is 11.9 Å². The molecule has 1 atom stereocenters. The fourth-order valence-corrected chi connectivity index (χ4v) is 3.05. The maximum absolute atomic E-state index is 12.1. The smallest absolute Gasteiger partial charge is 0.251 e. The van der Waals surface area contributed by atoms with Crippen molar-refractivity contribution in [2.45, 2.75) is 6.10 Å². The number of aryl methyl sites for hydroxylation is 1. The molecule has 0 bridgehead atoms. The molecular formula is C19H27IN6O3. The summed E-state index contributed by atoms with van der Waals surface area (Å²) in [7, 11) is 3.63. The minimum atomic E-state index is -0.181. The minimum Gasteiger partial charge on any atom is -0.508 e. The van der Waals surface area contributed by atoms with Crippen molar-refractivity contribution in [2.75, 3.05) is 39.8 Å². The highest BCUT2D eigenvalue weighted by Gasteiger charge is 2.25. The van der Waals surface area contributed by atoms with E-state index >= 15 is 0 Å². The first kappa shape index (κ1) is 22.9. The molecule has 1 amide bonds. The second-order valence-corrected chi connectivity index (χ2v) is 6.53. The number of phenolic OH excluding ortho intramolecular Hbond substituents is 1. The zero-order valence-electron chi connectivity index (χ0n) is 16.5. The minimum absolute atomic E-state index is 0. The average Bonchev–Trinajstić information content (AvgIpc) is 3.15. The molecule has 2 aromatic rings. The summed E-state index contributed by atoms with van der Waals surface area (Å²) in [5, 5.41) is 19.6. The highest BCUT2D eigenvalue weighted by molar-refractivity contribution is 14.0. The lowest BCUT2D eigenvalue weighted by molar-refractivity contribution is -0.00800. The summed E-state index contributed by atoms with van der Waals surface area (Å²) in [6.07, 6.45) is 3.74. The molecule has 1 aliphatic heterocycles. The molecule has 3 N–H and O–H groups in total. The summed E-state index contributed by atoms with van der Waals surface area (Å²) in [6.45, 7) is 3.04. The molecule has 1 aromatic carbocycles. The van der Waals surface area contributed by atoms with Gasteiger partial charge in [0.15, 0.2) is 5.96 Å². The van der Waals surface area contributed by atoms with Crippen LogP contribution in [0.5, 0.6) is 5.75 Å². The SMILES string of the molecule is CN=C(NCCNC(=O)c1ccc(O)cc1)N1CCOC(c2cnn(C)c2)C1.I. The van der Waals surface area contributed by atoms with Gasteiger partial charge in [-0.2, -0.15) is 5.10 Å². The molecule has 0 spiro atoms. The maximum atomic E-state index is 12.1. The number of carbonyl (C=O) groups is 1. The van der Waals surface area contributed by atoms with E-state index in [9.17, 15) is 9.90 Å². The topological polar surface area (TPSA) is 104 Å². The lowest BCUT2D eigenvalue weighted by Gasteiger charge is -2.34. The second kappa shape index (κ2) is 11.0. The van der Waals surface area contributed by atoms with Gasteiger partial charge in [-0.15, -0.1) is 24.0 Å². The van der Waals surface area contributed by atoms with Gasteiger partial charge in [-0.3, -0.25) is 14.5 Å². The molecular weight excluding hydrogens is 487 g/mol. The van der Waals surface area contributed by atoms with Gasteiger partial charge in [-0.1, -0.05) is 0 Å². The van der Waals surface area contributed by atoms with E-state index in [1.165, 1.54) is 12.1 Å². The van der Waals surface area contributed by atoms with Crippen LogP contribution in [0.25, 0.3) is 0 Å². The van der Waals surface area contributed by atoms with Crippen molar-refractivity contribution in [3.63, 3.8) is 0 Å². The fourth-order valence-electron chi connectivity index (χ4n) is 3.05. The third kappa shape index (κ3) is 6.32. The number of hydrogen-bond acceptors (Lipinski definition) is 5. The molecule has 0 aliphatic carbocycles. The molecule has 158 valence electrons. The Morgan fingerprint density at radius 1 is 1.31 bits per heavy atom. The lowest BCUT2D eigenvalue weighted by Crippen LogP contribution is -2.49. The van der Waals surface area contributed by atoms with Crippen molar-refractivity contribution in [2.24, 2.45) is 12.0 Å². The summed E-state index contributed by atoms with van der Waals surface area (Å²) >= 11 is 0. The first-order chi connectivity index (χ1) is 13.6. The van der Waals surface area contributed by atoms with Crippen LogP contribution in [-0.2, 0) is 11.8 Å². The third-order valence-corrected chi connectivity index (χ3v) is 4.50. The van der Waals surface area contributed by atoms with Gasteiger partial charge >= 0.3 is 0 Å². The Morgan fingerprint density at radius 3 is 2.69 bits per heavy atom. The van der Waals surface area contributed by atoms with Crippen molar-refractivity contribution >= 4 is 35.8 Å². The number of rotatable bonds is 5. The van der Waals surface area contributed by atoms with Crippen LogP contribution in [-0.4, -0.2) is 71.5 Å². The van der Waals surface area contributed by atoms with Gasteiger partial charge in [0.25, 0.3) is 5.91 Å². The molecule has 2 heterocycles. The number of aromatic nitrogens is 2. The molecule has 1 unspecified atom stereocenters. The monoisotopic (exact) mass is 514 g/mol. The number of phenols is 1. The van der Waals surface area contributed by atoms with Gasteiger partial charge in [-0.25, -0.2) is 0 Å². The predicted octanol–water partition coefficient (Wildman–Crippen LogP) is 1.12. The van der Waals surface area contributed by atoms with Crippen LogP contribution in [0, 0.1) is 0 Å². The van der Waals surface area contributed by atoms with Gasteiger partial charge in [-0.05, 0) is 24.3 Å². The molecule has 3 rings (SSSR count). The number of morpholine rings is 1. The van der Waals surface area contributed by atoms with Crippen LogP contribution >= 0.6 is 24.0 Å². The zero-order valence-corrected chi connectivity index (χ0v) is 18.9. The summed E-state index contributed by atoms with van der Waals surface area (Å²) in [4.78, 5) is 18.6. The summed E-state index contributed by atoms with van der Waals surface area (Å²) in [5.74, 6) is 0.730. The number of nitrogens with one attached hydrogen (secondary N) is 2. The van der Waals surface area contributed by atoms with Crippen LogP contribution < -0.4 is 10.6 Å².